The minimum atomic E-state index is -3.81. The monoisotopic (exact) mass is 300 g/mol. The van der Waals surface area contributed by atoms with Crippen LogP contribution in [0.3, 0.4) is 0 Å². The number of amides is 1. The molecule has 7 nitrogen and oxygen atoms in total. The Labute approximate surface area is 118 Å². The number of rotatable bonds is 4. The minimum absolute atomic E-state index is 0.0164. The topological polar surface area (TPSA) is 106 Å². The standard InChI is InChI=1S/C12H20N4O3S/c1-2-15-12(17)11-7-10(20(13,18)19)8-16(11)9-3-5-14-6-4-9/h7-9,14H,2-6H2,1H3,(H,15,17)(H2,13,18,19). The molecule has 1 aliphatic rings. The molecular formula is C12H20N4O3S. The van der Waals surface area contributed by atoms with Crippen LogP contribution in [0, 0.1) is 0 Å². The smallest absolute Gasteiger partial charge is 0.267 e. The lowest BCUT2D eigenvalue weighted by molar-refractivity contribution is 0.0943. The number of primary sulfonamides is 1. The van der Waals surface area contributed by atoms with Crippen molar-refractivity contribution in [2.24, 2.45) is 5.14 Å². The third-order valence-electron chi connectivity index (χ3n) is 3.42. The highest BCUT2D eigenvalue weighted by Crippen LogP contribution is 2.24. The zero-order valence-corrected chi connectivity index (χ0v) is 12.2. The molecule has 0 radical (unpaired) electrons. The van der Waals surface area contributed by atoms with Crippen LogP contribution in [0.15, 0.2) is 17.2 Å². The van der Waals surface area contributed by atoms with Gasteiger partial charge in [-0.05, 0) is 38.9 Å². The van der Waals surface area contributed by atoms with E-state index in [0.717, 1.165) is 25.9 Å². The first kappa shape index (κ1) is 15.0. The van der Waals surface area contributed by atoms with Crippen molar-refractivity contribution in [3.63, 3.8) is 0 Å². The van der Waals surface area contributed by atoms with E-state index in [9.17, 15) is 13.2 Å². The van der Waals surface area contributed by atoms with Crippen LogP contribution in [0.1, 0.15) is 36.3 Å². The van der Waals surface area contributed by atoms with Gasteiger partial charge in [-0.25, -0.2) is 13.6 Å². The summed E-state index contributed by atoms with van der Waals surface area (Å²) in [5.41, 5.74) is 0.350. The zero-order valence-electron chi connectivity index (χ0n) is 11.4. The Morgan fingerprint density at radius 2 is 2.15 bits per heavy atom. The van der Waals surface area contributed by atoms with E-state index in [1.165, 1.54) is 12.3 Å². The maximum absolute atomic E-state index is 12.1. The molecule has 0 unspecified atom stereocenters. The van der Waals surface area contributed by atoms with Crippen LogP contribution in [-0.4, -0.2) is 38.5 Å². The first-order valence-electron chi connectivity index (χ1n) is 6.67. The second-order valence-corrected chi connectivity index (χ2v) is 6.42. The molecule has 0 saturated carbocycles. The second-order valence-electron chi connectivity index (χ2n) is 4.85. The van der Waals surface area contributed by atoms with E-state index in [0.29, 0.717) is 12.2 Å². The summed E-state index contributed by atoms with van der Waals surface area (Å²) in [7, 11) is -3.81. The molecule has 0 spiro atoms. The van der Waals surface area contributed by atoms with E-state index >= 15 is 0 Å². The third-order valence-corrected chi connectivity index (χ3v) is 4.30. The number of piperidine rings is 1. The molecule has 1 aliphatic heterocycles. The summed E-state index contributed by atoms with van der Waals surface area (Å²) >= 11 is 0. The Balaban J connectivity index is 2.41. The zero-order chi connectivity index (χ0) is 14.8. The lowest BCUT2D eigenvalue weighted by atomic mass is 10.1. The molecule has 1 saturated heterocycles. The fraction of sp³-hybridized carbons (Fsp3) is 0.583. The first-order chi connectivity index (χ1) is 9.43. The van der Waals surface area contributed by atoms with Crippen molar-refractivity contribution in [1.29, 1.82) is 0 Å². The fourth-order valence-electron chi connectivity index (χ4n) is 2.43. The van der Waals surface area contributed by atoms with E-state index in [4.69, 9.17) is 5.14 Å². The van der Waals surface area contributed by atoms with Crippen LogP contribution in [0.5, 0.6) is 0 Å². The number of nitrogens with one attached hydrogen (secondary N) is 2. The molecule has 4 N–H and O–H groups in total. The highest BCUT2D eigenvalue weighted by Gasteiger charge is 2.24. The molecule has 1 aromatic rings. The van der Waals surface area contributed by atoms with Gasteiger partial charge >= 0.3 is 0 Å². The maximum Gasteiger partial charge on any atom is 0.267 e. The van der Waals surface area contributed by atoms with Gasteiger partial charge in [0.1, 0.15) is 10.6 Å². The average Bonchev–Trinajstić information content (AvgIpc) is 2.85. The molecule has 1 aromatic heterocycles. The summed E-state index contributed by atoms with van der Waals surface area (Å²) in [5, 5.41) is 11.1. The molecule has 2 rings (SSSR count). The molecule has 0 aliphatic carbocycles. The van der Waals surface area contributed by atoms with Crippen molar-refractivity contribution in [2.45, 2.75) is 30.7 Å². The van der Waals surface area contributed by atoms with Crippen molar-refractivity contribution >= 4 is 15.9 Å². The first-order valence-corrected chi connectivity index (χ1v) is 8.21. The van der Waals surface area contributed by atoms with Crippen molar-refractivity contribution in [3.05, 3.63) is 18.0 Å². The van der Waals surface area contributed by atoms with Gasteiger partial charge in [-0.3, -0.25) is 4.79 Å². The Morgan fingerprint density at radius 1 is 1.50 bits per heavy atom. The summed E-state index contributed by atoms with van der Waals surface area (Å²) in [6, 6.07) is 1.46. The summed E-state index contributed by atoms with van der Waals surface area (Å²) in [6.45, 7) is 4.00. The normalized spacial score (nSPS) is 17.1. The molecule has 112 valence electrons. The number of nitrogens with two attached hydrogens (primary N) is 1. The summed E-state index contributed by atoms with van der Waals surface area (Å²) in [4.78, 5) is 12.0. The Bertz CT molecular complexity index is 588. The molecule has 0 aromatic carbocycles. The lowest BCUT2D eigenvalue weighted by Crippen LogP contribution is -2.32. The van der Waals surface area contributed by atoms with Gasteiger partial charge in [0.15, 0.2) is 0 Å². The summed E-state index contributed by atoms with van der Waals surface area (Å²) < 4.78 is 24.7. The van der Waals surface area contributed by atoms with Crippen molar-refractivity contribution in [1.82, 2.24) is 15.2 Å². The number of nitrogens with zero attached hydrogens (tertiary/aromatic N) is 1. The minimum Gasteiger partial charge on any atom is -0.351 e. The van der Waals surface area contributed by atoms with Crippen molar-refractivity contribution in [3.8, 4) is 0 Å². The number of carbonyl (C=O) groups excluding carboxylic acids is 1. The molecular weight excluding hydrogens is 280 g/mol. The van der Waals surface area contributed by atoms with Gasteiger partial charge in [0, 0.05) is 18.8 Å². The van der Waals surface area contributed by atoms with Crippen LogP contribution in [0.25, 0.3) is 0 Å². The van der Waals surface area contributed by atoms with Crippen LogP contribution in [-0.2, 0) is 10.0 Å². The van der Waals surface area contributed by atoms with E-state index in [2.05, 4.69) is 10.6 Å². The summed E-state index contributed by atoms with van der Waals surface area (Å²) in [6.07, 6.45) is 3.17. The molecule has 1 fully saturated rings. The number of sulfonamides is 1. The fourth-order valence-corrected chi connectivity index (χ4v) is 2.97. The van der Waals surface area contributed by atoms with Crippen molar-refractivity contribution < 1.29 is 13.2 Å². The second kappa shape index (κ2) is 5.94. The van der Waals surface area contributed by atoms with Crippen LogP contribution >= 0.6 is 0 Å². The Hall–Kier alpha value is -1.38. The van der Waals surface area contributed by atoms with Gasteiger partial charge in [0.05, 0.1) is 0 Å². The maximum atomic E-state index is 12.1. The van der Waals surface area contributed by atoms with E-state index in [1.807, 2.05) is 6.92 Å². The molecule has 2 heterocycles. The van der Waals surface area contributed by atoms with Gasteiger partial charge in [0.2, 0.25) is 10.0 Å². The van der Waals surface area contributed by atoms with Gasteiger partial charge in [-0.1, -0.05) is 0 Å². The van der Waals surface area contributed by atoms with Crippen LogP contribution in [0.2, 0.25) is 0 Å². The molecule has 8 heteroatoms. The Morgan fingerprint density at radius 3 is 2.70 bits per heavy atom. The van der Waals surface area contributed by atoms with Crippen LogP contribution < -0.4 is 15.8 Å². The summed E-state index contributed by atoms with van der Waals surface area (Å²) in [5.74, 6) is -0.277. The highest BCUT2D eigenvalue weighted by molar-refractivity contribution is 7.89. The number of carbonyl (C=O) groups is 1. The number of hydrogen-bond donors (Lipinski definition) is 3. The van der Waals surface area contributed by atoms with Gasteiger partial charge in [-0.2, -0.15) is 0 Å². The number of hydrogen-bond acceptors (Lipinski definition) is 4. The van der Waals surface area contributed by atoms with E-state index < -0.39 is 10.0 Å². The van der Waals surface area contributed by atoms with Crippen molar-refractivity contribution in [2.75, 3.05) is 19.6 Å². The van der Waals surface area contributed by atoms with Gasteiger partial charge in [0.25, 0.3) is 5.91 Å². The predicted octanol–water partition coefficient (Wildman–Crippen LogP) is -0.190. The Kier molecular flexibility index (Phi) is 4.46. The van der Waals surface area contributed by atoms with E-state index in [-0.39, 0.29) is 16.8 Å². The largest absolute Gasteiger partial charge is 0.351 e. The highest BCUT2D eigenvalue weighted by atomic mass is 32.2. The molecule has 1 amide bonds. The van der Waals surface area contributed by atoms with Gasteiger partial charge in [-0.15, -0.1) is 0 Å². The van der Waals surface area contributed by atoms with Crippen LogP contribution in [0.4, 0.5) is 0 Å². The molecule has 0 atom stereocenters. The lowest BCUT2D eigenvalue weighted by Gasteiger charge is -2.25. The molecule has 0 bridgehead atoms. The average molecular weight is 300 g/mol. The van der Waals surface area contributed by atoms with Gasteiger partial charge < -0.3 is 15.2 Å². The third kappa shape index (κ3) is 3.20. The SMILES string of the molecule is CCNC(=O)c1cc(S(N)(=O)=O)cn1C1CCNCC1. The van der Waals surface area contributed by atoms with E-state index in [1.54, 1.807) is 4.57 Å². The number of aromatic nitrogens is 1. The molecule has 20 heavy (non-hydrogen) atoms. The quantitative estimate of drug-likeness (QED) is 0.716. The predicted molar refractivity (Wildman–Crippen MR) is 75.0 cm³/mol.